The van der Waals surface area contributed by atoms with Crippen LogP contribution in [0.4, 0.5) is 0 Å². The summed E-state index contributed by atoms with van der Waals surface area (Å²) in [5.74, 6) is -0.0160. The minimum atomic E-state index is -0.0160. The molecule has 0 radical (unpaired) electrons. The summed E-state index contributed by atoms with van der Waals surface area (Å²) in [7, 11) is 0. The Morgan fingerprint density at radius 1 is 1.92 bits per heavy atom. The van der Waals surface area contributed by atoms with Crippen LogP contribution in [0.2, 0.25) is 0 Å². The Balaban J connectivity index is 2.49. The number of alkyl halides is 1. The lowest BCUT2D eigenvalue weighted by Gasteiger charge is -2.08. The van der Waals surface area contributed by atoms with Gasteiger partial charge in [-0.25, -0.2) is 4.98 Å². The summed E-state index contributed by atoms with van der Waals surface area (Å²) >= 11 is 4.62. The van der Waals surface area contributed by atoms with Crippen molar-refractivity contribution in [3.63, 3.8) is 0 Å². The number of carbonyl (C=O) groups is 1. The molecule has 0 aliphatic carbocycles. The molecular weight excluding hydrogens is 240 g/mol. The van der Waals surface area contributed by atoms with E-state index in [2.05, 4.69) is 26.2 Å². The highest BCUT2D eigenvalue weighted by molar-refractivity contribution is 9.09. The zero-order chi connectivity index (χ0) is 8.97. The van der Waals surface area contributed by atoms with Gasteiger partial charge in [-0.15, -0.1) is 11.3 Å². The van der Waals surface area contributed by atoms with Crippen molar-refractivity contribution in [2.24, 2.45) is 0 Å². The van der Waals surface area contributed by atoms with E-state index in [1.54, 1.807) is 17.5 Å². The van der Waals surface area contributed by atoms with Crippen molar-refractivity contribution < 1.29 is 4.79 Å². The van der Waals surface area contributed by atoms with Crippen LogP contribution in [-0.2, 0) is 4.79 Å². The molecule has 1 aromatic heterocycles. The van der Waals surface area contributed by atoms with E-state index in [0.29, 0.717) is 5.33 Å². The Morgan fingerprint density at radius 3 is 3.17 bits per heavy atom. The van der Waals surface area contributed by atoms with Gasteiger partial charge >= 0.3 is 0 Å². The van der Waals surface area contributed by atoms with Crippen molar-refractivity contribution in [3.8, 4) is 0 Å². The van der Waals surface area contributed by atoms with E-state index in [1.807, 2.05) is 12.3 Å². The first-order chi connectivity index (χ1) is 5.74. The molecule has 0 fully saturated rings. The topological polar surface area (TPSA) is 42.0 Å². The number of amides is 1. The monoisotopic (exact) mass is 248 g/mol. The Labute approximate surface area is 83.3 Å². The van der Waals surface area contributed by atoms with Crippen molar-refractivity contribution in [2.75, 3.05) is 5.33 Å². The summed E-state index contributed by atoms with van der Waals surface area (Å²) < 4.78 is 0. The smallest absolute Gasteiger partial charge is 0.231 e. The zero-order valence-electron chi connectivity index (χ0n) is 6.58. The molecule has 1 atom stereocenters. The quantitative estimate of drug-likeness (QED) is 0.828. The van der Waals surface area contributed by atoms with Crippen LogP contribution in [0.5, 0.6) is 0 Å². The second-order valence-electron chi connectivity index (χ2n) is 2.29. The van der Waals surface area contributed by atoms with Gasteiger partial charge in [0.2, 0.25) is 5.91 Å². The van der Waals surface area contributed by atoms with Crippen LogP contribution >= 0.6 is 27.3 Å². The van der Waals surface area contributed by atoms with Crippen LogP contribution in [0.25, 0.3) is 0 Å². The molecular formula is C7H9BrN2OS. The molecule has 0 bridgehead atoms. The van der Waals surface area contributed by atoms with Crippen LogP contribution < -0.4 is 5.32 Å². The van der Waals surface area contributed by atoms with E-state index in [0.717, 1.165) is 5.01 Å². The SMILES string of the molecule is CC(NC(=O)CBr)c1nccs1. The van der Waals surface area contributed by atoms with Crippen molar-refractivity contribution in [1.29, 1.82) is 0 Å². The molecule has 3 nitrogen and oxygen atoms in total. The molecule has 1 heterocycles. The first-order valence-electron chi connectivity index (χ1n) is 3.48. The lowest BCUT2D eigenvalue weighted by atomic mass is 10.3. The number of carbonyl (C=O) groups excluding carboxylic acids is 1. The predicted octanol–water partition coefficient (Wildman–Crippen LogP) is 1.72. The number of aromatic nitrogens is 1. The summed E-state index contributed by atoms with van der Waals surface area (Å²) in [6.45, 7) is 1.92. The molecule has 12 heavy (non-hydrogen) atoms. The average molecular weight is 249 g/mol. The number of halogens is 1. The first kappa shape index (κ1) is 9.67. The summed E-state index contributed by atoms with van der Waals surface area (Å²) in [4.78, 5) is 15.0. The van der Waals surface area contributed by atoms with Crippen LogP contribution in [-0.4, -0.2) is 16.2 Å². The minimum Gasteiger partial charge on any atom is -0.346 e. The van der Waals surface area contributed by atoms with Crippen LogP contribution in [0.3, 0.4) is 0 Å². The van der Waals surface area contributed by atoms with Gasteiger partial charge in [0, 0.05) is 11.6 Å². The van der Waals surface area contributed by atoms with Gasteiger partial charge in [-0.1, -0.05) is 15.9 Å². The Bertz CT molecular complexity index is 250. The highest BCUT2D eigenvalue weighted by Crippen LogP contribution is 2.14. The summed E-state index contributed by atoms with van der Waals surface area (Å²) in [6, 6.07) is 0.00931. The molecule has 0 saturated carbocycles. The molecule has 1 N–H and O–H groups in total. The molecule has 0 aliphatic heterocycles. The Kier molecular flexibility index (Phi) is 3.68. The van der Waals surface area contributed by atoms with E-state index >= 15 is 0 Å². The van der Waals surface area contributed by atoms with Gasteiger partial charge in [0.25, 0.3) is 0 Å². The molecule has 0 saturated heterocycles. The fourth-order valence-corrected chi connectivity index (χ4v) is 1.60. The number of rotatable bonds is 3. The largest absolute Gasteiger partial charge is 0.346 e. The maximum absolute atomic E-state index is 10.9. The molecule has 5 heteroatoms. The number of hydrogen-bond donors (Lipinski definition) is 1. The van der Waals surface area contributed by atoms with Crippen molar-refractivity contribution in [3.05, 3.63) is 16.6 Å². The third-order valence-electron chi connectivity index (χ3n) is 1.32. The number of hydrogen-bond acceptors (Lipinski definition) is 3. The van der Waals surface area contributed by atoms with E-state index in [-0.39, 0.29) is 11.9 Å². The molecule has 1 amide bonds. The van der Waals surface area contributed by atoms with Gasteiger partial charge in [0.15, 0.2) is 0 Å². The maximum Gasteiger partial charge on any atom is 0.231 e. The van der Waals surface area contributed by atoms with Crippen molar-refractivity contribution in [2.45, 2.75) is 13.0 Å². The third kappa shape index (κ3) is 2.57. The van der Waals surface area contributed by atoms with E-state index in [9.17, 15) is 4.79 Å². The molecule has 1 aromatic rings. The van der Waals surface area contributed by atoms with Gasteiger partial charge < -0.3 is 5.32 Å². The van der Waals surface area contributed by atoms with Gasteiger partial charge in [-0.3, -0.25) is 4.79 Å². The number of nitrogens with one attached hydrogen (secondary N) is 1. The second kappa shape index (κ2) is 4.57. The molecule has 0 spiro atoms. The standard InChI is InChI=1S/C7H9BrN2OS/c1-5(10-6(11)4-8)7-9-2-3-12-7/h2-3,5H,4H2,1H3,(H,10,11). The molecule has 1 rings (SSSR count). The fraction of sp³-hybridized carbons (Fsp3) is 0.429. The third-order valence-corrected chi connectivity index (χ3v) is 2.79. The van der Waals surface area contributed by atoms with E-state index in [4.69, 9.17) is 0 Å². The van der Waals surface area contributed by atoms with Gasteiger partial charge in [-0.2, -0.15) is 0 Å². The normalized spacial score (nSPS) is 12.5. The van der Waals surface area contributed by atoms with Gasteiger partial charge in [0.1, 0.15) is 5.01 Å². The van der Waals surface area contributed by atoms with Crippen LogP contribution in [0.1, 0.15) is 18.0 Å². The highest BCUT2D eigenvalue weighted by atomic mass is 79.9. The molecule has 1 unspecified atom stereocenters. The highest BCUT2D eigenvalue weighted by Gasteiger charge is 2.09. The molecule has 0 aliphatic rings. The van der Waals surface area contributed by atoms with Crippen molar-refractivity contribution in [1.82, 2.24) is 10.3 Å². The first-order valence-corrected chi connectivity index (χ1v) is 5.49. The summed E-state index contributed by atoms with van der Waals surface area (Å²) in [6.07, 6.45) is 1.73. The van der Waals surface area contributed by atoms with Gasteiger partial charge in [-0.05, 0) is 6.92 Å². The number of thiazole rings is 1. The fourth-order valence-electron chi connectivity index (χ4n) is 0.790. The molecule has 66 valence electrons. The predicted molar refractivity (Wildman–Crippen MR) is 52.5 cm³/mol. The second-order valence-corrected chi connectivity index (χ2v) is 3.78. The van der Waals surface area contributed by atoms with Crippen LogP contribution in [0.15, 0.2) is 11.6 Å². The van der Waals surface area contributed by atoms with E-state index < -0.39 is 0 Å². The zero-order valence-corrected chi connectivity index (χ0v) is 8.98. The molecule has 0 aromatic carbocycles. The Hall–Kier alpha value is -0.420. The lowest BCUT2D eigenvalue weighted by molar-refractivity contribution is -0.119. The number of nitrogens with zero attached hydrogens (tertiary/aromatic N) is 1. The summed E-state index contributed by atoms with van der Waals surface area (Å²) in [5, 5.41) is 5.96. The summed E-state index contributed by atoms with van der Waals surface area (Å²) in [5.41, 5.74) is 0. The maximum atomic E-state index is 10.9. The minimum absolute atomic E-state index is 0.00931. The van der Waals surface area contributed by atoms with Crippen molar-refractivity contribution >= 4 is 33.2 Å². The Morgan fingerprint density at radius 2 is 2.67 bits per heavy atom. The average Bonchev–Trinajstić information content (AvgIpc) is 2.56. The van der Waals surface area contributed by atoms with E-state index in [1.165, 1.54) is 0 Å². The lowest BCUT2D eigenvalue weighted by Crippen LogP contribution is -2.27. The van der Waals surface area contributed by atoms with Gasteiger partial charge in [0.05, 0.1) is 11.4 Å². The van der Waals surface area contributed by atoms with Crippen LogP contribution in [0, 0.1) is 0 Å².